The molecule has 0 aliphatic carbocycles. The van der Waals surface area contributed by atoms with Gasteiger partial charge in [-0.05, 0) is 24.6 Å². The van der Waals surface area contributed by atoms with Gasteiger partial charge in [-0.3, -0.25) is 4.79 Å². The number of thiol groups is 1. The van der Waals surface area contributed by atoms with E-state index in [1.165, 1.54) is 24.3 Å². The maximum absolute atomic E-state index is 11.8. The molecule has 120 valence electrons. The molecule has 1 unspecified atom stereocenters. The Morgan fingerprint density at radius 1 is 1.27 bits per heavy atom. The molecule has 0 saturated carbocycles. The normalized spacial score (nSPS) is 11.4. The van der Waals surface area contributed by atoms with Gasteiger partial charge in [0, 0.05) is 12.1 Å². The first kappa shape index (κ1) is 17.8. The molecule has 0 spiro atoms. The molecule has 0 fully saturated rings. The van der Waals surface area contributed by atoms with Gasteiger partial charge in [-0.25, -0.2) is 9.59 Å². The van der Waals surface area contributed by atoms with E-state index in [0.717, 1.165) is 0 Å². The van der Waals surface area contributed by atoms with Crippen LogP contribution in [0.3, 0.4) is 0 Å². The van der Waals surface area contributed by atoms with Crippen molar-refractivity contribution in [3.63, 3.8) is 0 Å². The summed E-state index contributed by atoms with van der Waals surface area (Å²) < 4.78 is 2.14. The number of hydrogen-bond donors (Lipinski definition) is 6. The molecule has 9 heteroatoms. The minimum absolute atomic E-state index is 0.0435. The summed E-state index contributed by atoms with van der Waals surface area (Å²) in [7, 11) is 0. The number of benzene rings is 1. The number of aromatic carboxylic acids is 1. The van der Waals surface area contributed by atoms with E-state index in [1.807, 2.05) is 0 Å². The highest BCUT2D eigenvalue weighted by Gasteiger charge is 2.13. The van der Waals surface area contributed by atoms with Gasteiger partial charge in [-0.1, -0.05) is 18.9 Å². The number of anilines is 1. The Morgan fingerprint density at radius 2 is 2.00 bits per heavy atom. The molecular weight excluding hydrogens is 310 g/mol. The Hall–Kier alpha value is -2.26. The quantitative estimate of drug-likeness (QED) is 0.409. The summed E-state index contributed by atoms with van der Waals surface area (Å²) in [4.78, 5) is 33.7. The third kappa shape index (κ3) is 6.02. The largest absolute Gasteiger partial charge is 0.478 e. The zero-order valence-corrected chi connectivity index (χ0v) is 12.5. The van der Waals surface area contributed by atoms with Crippen LogP contribution in [0.25, 0.3) is 0 Å². The maximum atomic E-state index is 11.8. The second kappa shape index (κ2) is 8.90. The third-order valence-corrected chi connectivity index (χ3v) is 3.02. The van der Waals surface area contributed by atoms with Gasteiger partial charge in [-0.2, -0.15) is 0 Å². The minimum atomic E-state index is -1.10. The van der Waals surface area contributed by atoms with Crippen molar-refractivity contribution in [1.82, 2.24) is 10.0 Å². The van der Waals surface area contributed by atoms with Crippen molar-refractivity contribution in [2.24, 2.45) is 0 Å². The fourth-order valence-corrected chi connectivity index (χ4v) is 1.76. The van der Waals surface area contributed by atoms with Gasteiger partial charge >= 0.3 is 12.0 Å². The fourth-order valence-electron chi connectivity index (χ4n) is 1.65. The highest BCUT2D eigenvalue weighted by molar-refractivity contribution is 7.78. The van der Waals surface area contributed by atoms with E-state index in [-0.39, 0.29) is 30.9 Å². The topological polar surface area (TPSA) is 128 Å². The Labute approximate surface area is 132 Å². The number of hydrogen-bond acceptors (Lipinski definition) is 5. The Kier molecular flexibility index (Phi) is 7.20. The van der Waals surface area contributed by atoms with E-state index in [9.17, 15) is 19.5 Å². The van der Waals surface area contributed by atoms with Crippen molar-refractivity contribution in [3.8, 4) is 0 Å². The van der Waals surface area contributed by atoms with Crippen molar-refractivity contribution >= 4 is 36.4 Å². The average molecular weight is 327 g/mol. The SMILES string of the molecule is O=C(CCC(CO)NC(=O)Nc1cccc(C(=O)O)c1)NS. The van der Waals surface area contributed by atoms with E-state index in [0.29, 0.717) is 5.69 Å². The van der Waals surface area contributed by atoms with Crippen molar-refractivity contribution < 1.29 is 24.6 Å². The van der Waals surface area contributed by atoms with E-state index in [2.05, 4.69) is 28.2 Å². The number of aliphatic hydroxyl groups is 1. The molecule has 3 amide bonds. The summed E-state index contributed by atoms with van der Waals surface area (Å²) in [5.41, 5.74) is 0.351. The number of nitrogens with one attached hydrogen (secondary N) is 3. The van der Waals surface area contributed by atoms with Crippen molar-refractivity contribution in [3.05, 3.63) is 29.8 Å². The van der Waals surface area contributed by atoms with Crippen LogP contribution in [0.15, 0.2) is 24.3 Å². The first-order chi connectivity index (χ1) is 10.5. The minimum Gasteiger partial charge on any atom is -0.478 e. The summed E-state index contributed by atoms with van der Waals surface area (Å²) in [5, 5.41) is 23.0. The molecule has 0 radical (unpaired) electrons. The van der Waals surface area contributed by atoms with Crippen LogP contribution >= 0.6 is 12.8 Å². The predicted octanol–water partition coefficient (Wildman–Crippen LogP) is 0.608. The number of urea groups is 1. The molecule has 1 aromatic rings. The average Bonchev–Trinajstić information content (AvgIpc) is 2.51. The molecule has 22 heavy (non-hydrogen) atoms. The lowest BCUT2D eigenvalue weighted by molar-refractivity contribution is -0.119. The Morgan fingerprint density at radius 3 is 2.59 bits per heavy atom. The van der Waals surface area contributed by atoms with Crippen LogP contribution in [0.2, 0.25) is 0 Å². The van der Waals surface area contributed by atoms with Gasteiger partial charge < -0.3 is 25.6 Å². The molecule has 0 saturated heterocycles. The zero-order chi connectivity index (χ0) is 16.5. The first-order valence-electron chi connectivity index (χ1n) is 6.41. The molecule has 5 N–H and O–H groups in total. The highest BCUT2D eigenvalue weighted by Crippen LogP contribution is 2.10. The van der Waals surface area contributed by atoms with Crippen LogP contribution in [0.5, 0.6) is 0 Å². The Bertz CT molecular complexity index is 552. The van der Waals surface area contributed by atoms with Crippen LogP contribution in [0.4, 0.5) is 10.5 Å². The second-order valence-electron chi connectivity index (χ2n) is 4.44. The zero-order valence-electron chi connectivity index (χ0n) is 11.6. The second-order valence-corrected chi connectivity index (χ2v) is 4.66. The molecule has 8 nitrogen and oxygen atoms in total. The lowest BCUT2D eigenvalue weighted by atomic mass is 10.1. The first-order valence-corrected chi connectivity index (χ1v) is 6.85. The van der Waals surface area contributed by atoms with Gasteiger partial charge in [0.1, 0.15) is 0 Å². The van der Waals surface area contributed by atoms with Gasteiger partial charge in [0.15, 0.2) is 0 Å². The number of carbonyl (C=O) groups is 3. The number of carboxylic acid groups (broad SMARTS) is 1. The maximum Gasteiger partial charge on any atom is 0.335 e. The van der Waals surface area contributed by atoms with E-state index in [1.54, 1.807) is 0 Å². The molecule has 0 aromatic heterocycles. The number of amides is 3. The van der Waals surface area contributed by atoms with Crippen molar-refractivity contribution in [2.75, 3.05) is 11.9 Å². The van der Waals surface area contributed by atoms with E-state index in [4.69, 9.17) is 5.11 Å². The fraction of sp³-hybridized carbons (Fsp3) is 0.308. The molecule has 0 bridgehead atoms. The number of rotatable bonds is 7. The van der Waals surface area contributed by atoms with Crippen molar-refractivity contribution in [2.45, 2.75) is 18.9 Å². The van der Waals surface area contributed by atoms with Gasteiger partial charge in [-0.15, -0.1) is 0 Å². The van der Waals surface area contributed by atoms with Gasteiger partial charge in [0.05, 0.1) is 18.2 Å². The standard InChI is InChI=1S/C13H17N3O5S/c17-7-10(4-5-11(18)16-22)15-13(21)14-9-3-1-2-8(6-9)12(19)20/h1-3,6,10,17,22H,4-5,7H2,(H,16,18)(H,19,20)(H2,14,15,21). The molecular formula is C13H17N3O5S. The summed E-state index contributed by atoms with van der Waals surface area (Å²) in [5.74, 6) is -1.42. The van der Waals surface area contributed by atoms with Gasteiger partial charge in [0.2, 0.25) is 5.91 Å². The van der Waals surface area contributed by atoms with Gasteiger partial charge in [0.25, 0.3) is 0 Å². The molecule has 0 aliphatic heterocycles. The molecule has 1 atom stereocenters. The molecule has 0 heterocycles. The van der Waals surface area contributed by atoms with Crippen LogP contribution in [-0.2, 0) is 4.79 Å². The summed E-state index contributed by atoms with van der Waals surface area (Å²) >= 11 is 3.60. The summed E-state index contributed by atoms with van der Waals surface area (Å²) in [6.45, 7) is -0.331. The van der Waals surface area contributed by atoms with Crippen LogP contribution in [0, 0.1) is 0 Å². The molecule has 1 aromatic carbocycles. The monoisotopic (exact) mass is 327 g/mol. The van der Waals surface area contributed by atoms with Crippen LogP contribution < -0.4 is 15.4 Å². The smallest absolute Gasteiger partial charge is 0.335 e. The number of carbonyl (C=O) groups excluding carboxylic acids is 2. The molecule has 0 aliphatic rings. The van der Waals surface area contributed by atoms with Crippen LogP contribution in [0.1, 0.15) is 23.2 Å². The summed E-state index contributed by atoms with van der Waals surface area (Å²) in [6.07, 6.45) is 0.342. The highest BCUT2D eigenvalue weighted by atomic mass is 32.1. The third-order valence-electron chi connectivity index (χ3n) is 2.77. The lowest BCUT2D eigenvalue weighted by Crippen LogP contribution is -2.40. The van der Waals surface area contributed by atoms with Crippen molar-refractivity contribution in [1.29, 1.82) is 0 Å². The predicted molar refractivity (Wildman–Crippen MR) is 82.8 cm³/mol. The summed E-state index contributed by atoms with van der Waals surface area (Å²) in [6, 6.07) is 4.54. The van der Waals surface area contributed by atoms with E-state index >= 15 is 0 Å². The Balaban J connectivity index is 2.55. The lowest BCUT2D eigenvalue weighted by Gasteiger charge is -2.16. The molecule has 1 rings (SSSR count). The van der Waals surface area contributed by atoms with Crippen LogP contribution in [-0.4, -0.2) is 40.8 Å². The van der Waals surface area contributed by atoms with E-state index < -0.39 is 18.0 Å². The number of aliphatic hydroxyl groups excluding tert-OH is 1. The number of carboxylic acids is 1.